The number of aliphatic imine (C=N–C) groups is 1. The Labute approximate surface area is 180 Å². The molecule has 0 saturated carbocycles. The number of carbonyl (C=O) groups is 1. The third-order valence-electron chi connectivity index (χ3n) is 4.80. The SMILES string of the molecule is COc1ccc(-n2c(C)ccc2/C=C2\SC(=Nc3cc(C)cc(C)c3)NC2=O)cc1. The van der Waals surface area contributed by atoms with Crippen molar-refractivity contribution in [3.05, 3.63) is 82.0 Å². The summed E-state index contributed by atoms with van der Waals surface area (Å²) in [5, 5.41) is 3.47. The van der Waals surface area contributed by atoms with Crippen LogP contribution in [-0.2, 0) is 4.79 Å². The minimum atomic E-state index is -0.136. The first-order chi connectivity index (χ1) is 14.4. The van der Waals surface area contributed by atoms with Gasteiger partial charge in [0.15, 0.2) is 5.17 Å². The van der Waals surface area contributed by atoms with Gasteiger partial charge in [-0.05, 0) is 98.3 Å². The van der Waals surface area contributed by atoms with Crippen LogP contribution < -0.4 is 10.1 Å². The van der Waals surface area contributed by atoms with E-state index in [0.717, 1.165) is 39.6 Å². The van der Waals surface area contributed by atoms with Crippen LogP contribution in [0.3, 0.4) is 0 Å². The Morgan fingerprint density at radius 2 is 1.70 bits per heavy atom. The number of rotatable bonds is 4. The fourth-order valence-electron chi connectivity index (χ4n) is 3.50. The highest BCUT2D eigenvalue weighted by Crippen LogP contribution is 2.30. The maximum absolute atomic E-state index is 12.5. The van der Waals surface area contributed by atoms with Crippen LogP contribution in [0, 0.1) is 20.8 Å². The Morgan fingerprint density at radius 1 is 1.00 bits per heavy atom. The van der Waals surface area contributed by atoms with Gasteiger partial charge in [-0.2, -0.15) is 0 Å². The average Bonchev–Trinajstić information content (AvgIpc) is 3.23. The molecular formula is C24H23N3O2S. The van der Waals surface area contributed by atoms with Crippen LogP contribution in [0.1, 0.15) is 22.5 Å². The number of methoxy groups -OCH3 is 1. The molecule has 4 rings (SSSR count). The Morgan fingerprint density at radius 3 is 2.37 bits per heavy atom. The maximum atomic E-state index is 12.5. The predicted octanol–water partition coefficient (Wildman–Crippen LogP) is 5.30. The number of amides is 1. The zero-order valence-corrected chi connectivity index (χ0v) is 18.2. The molecule has 3 aromatic rings. The van der Waals surface area contributed by atoms with E-state index in [0.29, 0.717) is 10.1 Å². The van der Waals surface area contributed by atoms with Gasteiger partial charge in [-0.3, -0.25) is 4.79 Å². The Balaban J connectivity index is 1.64. The van der Waals surface area contributed by atoms with Crippen molar-refractivity contribution in [2.24, 2.45) is 4.99 Å². The zero-order valence-electron chi connectivity index (χ0n) is 17.4. The molecule has 152 valence electrons. The Kier molecular flexibility index (Phi) is 5.50. The summed E-state index contributed by atoms with van der Waals surface area (Å²) in [6.45, 7) is 6.12. The third-order valence-corrected chi connectivity index (χ3v) is 5.71. The first-order valence-corrected chi connectivity index (χ1v) is 10.5. The lowest BCUT2D eigenvalue weighted by atomic mass is 10.1. The molecular weight excluding hydrogens is 394 g/mol. The summed E-state index contributed by atoms with van der Waals surface area (Å²) in [5.41, 5.74) is 6.16. The lowest BCUT2D eigenvalue weighted by Gasteiger charge is -2.10. The van der Waals surface area contributed by atoms with Crippen molar-refractivity contribution in [1.82, 2.24) is 9.88 Å². The molecule has 1 aromatic heterocycles. The summed E-state index contributed by atoms with van der Waals surface area (Å²) in [7, 11) is 1.65. The van der Waals surface area contributed by atoms with Gasteiger partial charge < -0.3 is 14.6 Å². The van der Waals surface area contributed by atoms with Crippen molar-refractivity contribution in [2.75, 3.05) is 7.11 Å². The fourth-order valence-corrected chi connectivity index (χ4v) is 4.33. The van der Waals surface area contributed by atoms with E-state index < -0.39 is 0 Å². The first kappa shape index (κ1) is 20.0. The second-order valence-electron chi connectivity index (χ2n) is 7.26. The van der Waals surface area contributed by atoms with Gasteiger partial charge in [0, 0.05) is 17.1 Å². The van der Waals surface area contributed by atoms with Crippen molar-refractivity contribution >= 4 is 34.6 Å². The highest BCUT2D eigenvalue weighted by molar-refractivity contribution is 8.18. The molecule has 30 heavy (non-hydrogen) atoms. The molecule has 5 nitrogen and oxygen atoms in total. The van der Waals surface area contributed by atoms with Crippen molar-refractivity contribution in [3.63, 3.8) is 0 Å². The van der Waals surface area contributed by atoms with Crippen molar-refractivity contribution in [3.8, 4) is 11.4 Å². The van der Waals surface area contributed by atoms with E-state index in [1.807, 2.05) is 75.4 Å². The van der Waals surface area contributed by atoms with E-state index in [1.165, 1.54) is 11.8 Å². The molecule has 2 aromatic carbocycles. The fraction of sp³-hybridized carbons (Fsp3) is 0.167. The van der Waals surface area contributed by atoms with Crippen LogP contribution in [-0.4, -0.2) is 22.8 Å². The molecule has 1 aliphatic rings. The highest BCUT2D eigenvalue weighted by atomic mass is 32.2. The van der Waals surface area contributed by atoms with Gasteiger partial charge in [0.2, 0.25) is 0 Å². The number of benzene rings is 2. The molecule has 1 N–H and O–H groups in total. The highest BCUT2D eigenvalue weighted by Gasteiger charge is 2.24. The van der Waals surface area contributed by atoms with Gasteiger partial charge in [-0.15, -0.1) is 0 Å². The number of hydrogen-bond acceptors (Lipinski definition) is 4. The molecule has 2 heterocycles. The lowest BCUT2D eigenvalue weighted by Crippen LogP contribution is -2.19. The quantitative estimate of drug-likeness (QED) is 0.586. The van der Waals surface area contributed by atoms with Gasteiger partial charge in [0.25, 0.3) is 5.91 Å². The van der Waals surface area contributed by atoms with Crippen molar-refractivity contribution in [2.45, 2.75) is 20.8 Å². The number of ether oxygens (including phenoxy) is 1. The van der Waals surface area contributed by atoms with Gasteiger partial charge in [-0.1, -0.05) is 6.07 Å². The number of hydrogen-bond donors (Lipinski definition) is 1. The number of nitrogens with zero attached hydrogens (tertiary/aromatic N) is 2. The van der Waals surface area contributed by atoms with Crippen molar-refractivity contribution in [1.29, 1.82) is 0 Å². The van der Waals surface area contributed by atoms with E-state index in [9.17, 15) is 4.79 Å². The second kappa shape index (κ2) is 8.24. The Bertz CT molecular complexity index is 1150. The first-order valence-electron chi connectivity index (χ1n) is 9.63. The molecule has 0 radical (unpaired) electrons. The van der Waals surface area contributed by atoms with Gasteiger partial charge in [0.05, 0.1) is 17.7 Å². The summed E-state index contributed by atoms with van der Waals surface area (Å²) in [4.78, 5) is 17.8. The van der Waals surface area contributed by atoms with Crippen LogP contribution in [0.4, 0.5) is 5.69 Å². The number of aromatic nitrogens is 1. The molecule has 0 spiro atoms. The molecule has 1 fully saturated rings. The molecule has 0 bridgehead atoms. The number of aryl methyl sites for hydroxylation is 3. The summed E-state index contributed by atoms with van der Waals surface area (Å²) >= 11 is 1.36. The van der Waals surface area contributed by atoms with E-state index in [2.05, 4.69) is 20.9 Å². The van der Waals surface area contributed by atoms with Gasteiger partial charge in [0.1, 0.15) is 5.75 Å². The Hall–Kier alpha value is -3.25. The zero-order chi connectivity index (χ0) is 21.3. The third kappa shape index (κ3) is 4.19. The normalized spacial score (nSPS) is 16.3. The molecule has 0 atom stereocenters. The van der Waals surface area contributed by atoms with Crippen LogP contribution in [0.25, 0.3) is 11.8 Å². The minimum Gasteiger partial charge on any atom is -0.497 e. The summed E-state index contributed by atoms with van der Waals surface area (Å²) in [6, 6.07) is 18.0. The lowest BCUT2D eigenvalue weighted by molar-refractivity contribution is -0.115. The number of carbonyl (C=O) groups excluding carboxylic acids is 1. The molecule has 1 amide bonds. The van der Waals surface area contributed by atoms with Gasteiger partial charge in [-0.25, -0.2) is 4.99 Å². The van der Waals surface area contributed by atoms with Crippen LogP contribution in [0.2, 0.25) is 0 Å². The number of thioether (sulfide) groups is 1. The van der Waals surface area contributed by atoms with E-state index in [-0.39, 0.29) is 5.91 Å². The molecule has 1 aliphatic heterocycles. The number of amidine groups is 1. The summed E-state index contributed by atoms with van der Waals surface area (Å²) in [5.74, 6) is 0.671. The molecule has 0 aliphatic carbocycles. The van der Waals surface area contributed by atoms with Crippen molar-refractivity contribution < 1.29 is 9.53 Å². The van der Waals surface area contributed by atoms with Crippen LogP contribution in [0.15, 0.2) is 64.5 Å². The van der Waals surface area contributed by atoms with E-state index >= 15 is 0 Å². The maximum Gasteiger partial charge on any atom is 0.264 e. The second-order valence-corrected chi connectivity index (χ2v) is 8.29. The minimum absolute atomic E-state index is 0.136. The van der Waals surface area contributed by atoms with E-state index in [4.69, 9.17) is 4.74 Å². The number of nitrogens with one attached hydrogen (secondary N) is 1. The summed E-state index contributed by atoms with van der Waals surface area (Å²) in [6.07, 6.45) is 1.90. The van der Waals surface area contributed by atoms with Crippen LogP contribution >= 0.6 is 11.8 Å². The predicted molar refractivity (Wildman–Crippen MR) is 124 cm³/mol. The topological polar surface area (TPSA) is 55.6 Å². The smallest absolute Gasteiger partial charge is 0.264 e. The largest absolute Gasteiger partial charge is 0.497 e. The summed E-state index contributed by atoms with van der Waals surface area (Å²) < 4.78 is 7.36. The van der Waals surface area contributed by atoms with E-state index in [1.54, 1.807) is 7.11 Å². The molecule has 1 saturated heterocycles. The van der Waals surface area contributed by atoms with Crippen LogP contribution in [0.5, 0.6) is 5.75 Å². The molecule has 0 unspecified atom stereocenters. The average molecular weight is 418 g/mol. The van der Waals surface area contributed by atoms with Gasteiger partial charge >= 0.3 is 0 Å². The standard InChI is InChI=1S/C24H23N3O2S/c1-15-11-16(2)13-18(12-15)25-24-26-23(28)22(30-24)14-20-6-5-17(3)27(20)19-7-9-21(29-4)10-8-19/h5-14H,1-4H3,(H,25,26,28)/b22-14-. The monoisotopic (exact) mass is 417 g/mol. The molecule has 6 heteroatoms.